The number of anilines is 2. The van der Waals surface area contributed by atoms with Crippen LogP contribution in [-0.2, 0) is 10.0 Å². The number of hydrogen-bond acceptors (Lipinski definition) is 8. The molecule has 2 heterocycles. The second kappa shape index (κ2) is 7.04. The van der Waals surface area contributed by atoms with Crippen molar-refractivity contribution in [1.29, 1.82) is 0 Å². The van der Waals surface area contributed by atoms with Crippen LogP contribution in [0, 0.1) is 0 Å². The Hall–Kier alpha value is -2.08. The number of thiazole rings is 1. The molecule has 0 spiro atoms. The number of amides is 1. The molecule has 0 unspecified atom stereocenters. The SMILES string of the molecule is CS(=O)(=O)Nc1nnc(NC(=O)c2cnc(-c3ccccc3Cl)s2)s1. The molecule has 2 N–H and O–H groups in total. The molecule has 1 aromatic carbocycles. The predicted octanol–water partition coefficient (Wildman–Crippen LogP) is 2.94. The molecule has 0 fully saturated rings. The fourth-order valence-electron chi connectivity index (χ4n) is 1.77. The molecule has 2 aromatic heterocycles. The average molecular weight is 416 g/mol. The Labute approximate surface area is 156 Å². The normalized spacial score (nSPS) is 11.3. The third-order valence-corrected chi connectivity index (χ3v) is 5.56. The first-order valence-corrected chi connectivity index (χ1v) is 10.6. The maximum absolute atomic E-state index is 12.3. The fraction of sp³-hybridized carbons (Fsp3) is 0.0769. The van der Waals surface area contributed by atoms with Gasteiger partial charge in [-0.05, 0) is 6.07 Å². The maximum Gasteiger partial charge on any atom is 0.269 e. The van der Waals surface area contributed by atoms with E-state index in [0.717, 1.165) is 23.2 Å². The van der Waals surface area contributed by atoms with E-state index in [1.54, 1.807) is 6.07 Å². The van der Waals surface area contributed by atoms with Gasteiger partial charge in [-0.25, -0.2) is 13.4 Å². The van der Waals surface area contributed by atoms with Crippen molar-refractivity contribution in [3.05, 3.63) is 40.4 Å². The molecule has 0 saturated carbocycles. The third kappa shape index (κ3) is 4.51. The van der Waals surface area contributed by atoms with E-state index in [1.165, 1.54) is 17.5 Å². The van der Waals surface area contributed by atoms with Crippen LogP contribution in [0.1, 0.15) is 9.67 Å². The quantitative estimate of drug-likeness (QED) is 0.662. The van der Waals surface area contributed by atoms with Crippen molar-refractivity contribution in [1.82, 2.24) is 15.2 Å². The summed E-state index contributed by atoms with van der Waals surface area (Å²) < 4.78 is 24.5. The number of aromatic nitrogens is 3. The van der Waals surface area contributed by atoms with Crippen LogP contribution in [0.25, 0.3) is 10.6 Å². The summed E-state index contributed by atoms with van der Waals surface area (Å²) >= 11 is 8.22. The third-order valence-electron chi connectivity index (χ3n) is 2.75. The lowest BCUT2D eigenvalue weighted by Crippen LogP contribution is -2.09. The number of benzene rings is 1. The molecular weight excluding hydrogens is 406 g/mol. The van der Waals surface area contributed by atoms with Gasteiger partial charge in [-0.2, -0.15) is 0 Å². The first kappa shape index (κ1) is 17.7. The van der Waals surface area contributed by atoms with Crippen molar-refractivity contribution < 1.29 is 13.2 Å². The van der Waals surface area contributed by atoms with E-state index in [9.17, 15) is 13.2 Å². The molecule has 25 heavy (non-hydrogen) atoms. The molecule has 1 amide bonds. The number of halogens is 1. The average Bonchev–Trinajstić information content (AvgIpc) is 3.16. The molecule has 0 saturated heterocycles. The molecule has 130 valence electrons. The van der Waals surface area contributed by atoms with Gasteiger partial charge >= 0.3 is 0 Å². The van der Waals surface area contributed by atoms with Gasteiger partial charge in [0.15, 0.2) is 0 Å². The Balaban J connectivity index is 1.73. The van der Waals surface area contributed by atoms with Crippen LogP contribution in [0.5, 0.6) is 0 Å². The fourth-order valence-corrected chi connectivity index (χ4v) is 4.37. The smallest absolute Gasteiger partial charge is 0.269 e. The van der Waals surface area contributed by atoms with Crippen molar-refractivity contribution >= 4 is 60.5 Å². The summed E-state index contributed by atoms with van der Waals surface area (Å²) in [5.41, 5.74) is 0.740. The summed E-state index contributed by atoms with van der Waals surface area (Å²) in [6.45, 7) is 0. The van der Waals surface area contributed by atoms with Gasteiger partial charge in [0.25, 0.3) is 5.91 Å². The molecule has 0 radical (unpaired) electrons. The predicted molar refractivity (Wildman–Crippen MR) is 98.9 cm³/mol. The zero-order valence-electron chi connectivity index (χ0n) is 12.6. The number of nitrogens with one attached hydrogen (secondary N) is 2. The number of nitrogens with zero attached hydrogens (tertiary/aromatic N) is 3. The standard InChI is InChI=1S/C13H10ClN5O3S3/c1-25(21,22)19-13-18-17-12(24-13)16-10(20)9-6-15-11(23-9)7-4-2-3-5-8(7)14/h2-6H,1H3,(H,18,19)(H,16,17,20). The van der Waals surface area contributed by atoms with E-state index in [1.807, 2.05) is 18.2 Å². The summed E-state index contributed by atoms with van der Waals surface area (Å²) in [5.74, 6) is -0.419. The number of sulfonamides is 1. The molecular formula is C13H10ClN5O3S3. The van der Waals surface area contributed by atoms with Crippen molar-refractivity contribution in [3.63, 3.8) is 0 Å². The molecule has 0 aliphatic carbocycles. The Morgan fingerprint density at radius 3 is 2.60 bits per heavy atom. The van der Waals surface area contributed by atoms with Gasteiger partial charge < -0.3 is 0 Å². The summed E-state index contributed by atoms with van der Waals surface area (Å²) in [5, 5.41) is 11.3. The van der Waals surface area contributed by atoms with Crippen molar-refractivity contribution in [2.75, 3.05) is 16.3 Å². The number of carbonyl (C=O) groups is 1. The molecule has 8 nitrogen and oxygen atoms in total. The Kier molecular flexibility index (Phi) is 4.99. The van der Waals surface area contributed by atoms with Crippen LogP contribution in [0.15, 0.2) is 30.5 Å². The van der Waals surface area contributed by atoms with Gasteiger partial charge in [0.05, 0.1) is 17.5 Å². The number of rotatable bonds is 5. The Morgan fingerprint density at radius 2 is 1.88 bits per heavy atom. The van der Waals surface area contributed by atoms with E-state index in [0.29, 0.717) is 14.9 Å². The van der Waals surface area contributed by atoms with Crippen LogP contribution in [0.4, 0.5) is 10.3 Å². The highest BCUT2D eigenvalue weighted by atomic mass is 35.5. The lowest BCUT2D eigenvalue weighted by atomic mass is 10.2. The summed E-state index contributed by atoms with van der Waals surface area (Å²) in [6, 6.07) is 7.21. The van der Waals surface area contributed by atoms with E-state index in [2.05, 4.69) is 25.2 Å². The second-order valence-corrected chi connectivity index (χ2v) is 8.91. The minimum Gasteiger partial charge on any atom is -0.296 e. The van der Waals surface area contributed by atoms with Crippen molar-refractivity contribution in [2.45, 2.75) is 0 Å². The molecule has 0 bridgehead atoms. The van der Waals surface area contributed by atoms with Gasteiger partial charge in [-0.15, -0.1) is 21.5 Å². The Bertz CT molecular complexity index is 1030. The molecule has 3 aromatic rings. The topological polar surface area (TPSA) is 114 Å². The van der Waals surface area contributed by atoms with Gasteiger partial charge in [0.1, 0.15) is 9.88 Å². The van der Waals surface area contributed by atoms with Crippen LogP contribution < -0.4 is 10.0 Å². The van der Waals surface area contributed by atoms with Crippen LogP contribution >= 0.6 is 34.3 Å². The lowest BCUT2D eigenvalue weighted by molar-refractivity contribution is 0.103. The van der Waals surface area contributed by atoms with Gasteiger partial charge in [0, 0.05) is 5.56 Å². The first-order valence-electron chi connectivity index (χ1n) is 6.65. The molecule has 0 aliphatic rings. The van der Waals surface area contributed by atoms with E-state index < -0.39 is 15.9 Å². The zero-order valence-corrected chi connectivity index (χ0v) is 15.8. The second-order valence-electron chi connectivity index (χ2n) is 4.75. The van der Waals surface area contributed by atoms with Gasteiger partial charge in [-0.1, -0.05) is 41.1 Å². The first-order chi connectivity index (χ1) is 11.8. The summed E-state index contributed by atoms with van der Waals surface area (Å²) in [7, 11) is -3.45. The lowest BCUT2D eigenvalue weighted by Gasteiger charge is -1.98. The van der Waals surface area contributed by atoms with Gasteiger partial charge in [-0.3, -0.25) is 14.8 Å². The monoisotopic (exact) mass is 415 g/mol. The number of hydrogen-bond donors (Lipinski definition) is 2. The minimum absolute atomic E-state index is 0.0684. The summed E-state index contributed by atoms with van der Waals surface area (Å²) in [6.07, 6.45) is 2.44. The highest BCUT2D eigenvalue weighted by Crippen LogP contribution is 2.31. The molecule has 0 atom stereocenters. The summed E-state index contributed by atoms with van der Waals surface area (Å²) in [4.78, 5) is 16.8. The maximum atomic E-state index is 12.3. The minimum atomic E-state index is -3.45. The molecule has 12 heteroatoms. The van der Waals surface area contributed by atoms with E-state index in [4.69, 9.17) is 11.6 Å². The van der Waals surface area contributed by atoms with Crippen molar-refractivity contribution in [3.8, 4) is 10.6 Å². The van der Waals surface area contributed by atoms with Crippen LogP contribution in [0.3, 0.4) is 0 Å². The van der Waals surface area contributed by atoms with Crippen LogP contribution in [-0.4, -0.2) is 35.8 Å². The van der Waals surface area contributed by atoms with Crippen LogP contribution in [0.2, 0.25) is 5.02 Å². The highest BCUT2D eigenvalue weighted by molar-refractivity contribution is 7.92. The highest BCUT2D eigenvalue weighted by Gasteiger charge is 2.16. The zero-order chi connectivity index (χ0) is 18.0. The Morgan fingerprint density at radius 1 is 1.16 bits per heavy atom. The molecule has 3 rings (SSSR count). The molecule has 0 aliphatic heterocycles. The van der Waals surface area contributed by atoms with E-state index >= 15 is 0 Å². The van der Waals surface area contributed by atoms with Crippen molar-refractivity contribution in [2.24, 2.45) is 0 Å². The van der Waals surface area contributed by atoms with E-state index in [-0.39, 0.29) is 10.3 Å². The van der Waals surface area contributed by atoms with Gasteiger partial charge in [0.2, 0.25) is 20.3 Å². The largest absolute Gasteiger partial charge is 0.296 e. The number of carbonyl (C=O) groups excluding carboxylic acids is 1.